The normalized spacial score (nSPS) is 28.1. The van der Waals surface area contributed by atoms with Crippen molar-refractivity contribution in [2.24, 2.45) is 11.8 Å². The van der Waals surface area contributed by atoms with Gasteiger partial charge in [-0.15, -0.1) is 10.2 Å². The van der Waals surface area contributed by atoms with Crippen molar-refractivity contribution in [3.8, 4) is 0 Å². The first-order chi connectivity index (χ1) is 26.2. The number of carbonyl (C=O) groups excluding carboxylic acids is 4. The highest BCUT2D eigenvalue weighted by Gasteiger charge is 2.42. The molecule has 21 nitrogen and oxygen atoms in total. The molecule has 4 rings (SSSR count). The fourth-order valence-electron chi connectivity index (χ4n) is 6.43. The van der Waals surface area contributed by atoms with Crippen LogP contribution in [0.2, 0.25) is 0 Å². The van der Waals surface area contributed by atoms with Crippen molar-refractivity contribution < 1.29 is 49.1 Å². The minimum atomic E-state index is -1.04. The molecule has 308 valence electrons. The summed E-state index contributed by atoms with van der Waals surface area (Å²) >= 11 is 0. The molecular formula is C34H57N11O10. The highest BCUT2D eigenvalue weighted by atomic mass is 16.5. The number of carbonyl (C=O) groups is 4. The number of ether oxygens (including phenoxy) is 2. The number of amides is 4. The van der Waals surface area contributed by atoms with Gasteiger partial charge in [0.15, 0.2) is 12.5 Å². The zero-order chi connectivity index (χ0) is 40.2. The Morgan fingerprint density at radius 2 is 1.11 bits per heavy atom. The number of rotatable bonds is 19. The third-order valence-corrected chi connectivity index (χ3v) is 9.80. The van der Waals surface area contributed by atoms with Gasteiger partial charge in [0.05, 0.1) is 69.5 Å². The third kappa shape index (κ3) is 12.4. The van der Waals surface area contributed by atoms with Crippen molar-refractivity contribution in [3.63, 3.8) is 0 Å². The van der Waals surface area contributed by atoms with Crippen molar-refractivity contribution in [2.45, 2.75) is 122 Å². The molecule has 0 aliphatic carbocycles. The second-order valence-electron chi connectivity index (χ2n) is 14.3. The van der Waals surface area contributed by atoms with Crippen LogP contribution in [-0.2, 0) is 41.7 Å². The lowest BCUT2D eigenvalue weighted by Crippen LogP contribution is -2.50. The molecule has 2 aromatic heterocycles. The van der Waals surface area contributed by atoms with E-state index < -0.39 is 72.7 Å². The van der Waals surface area contributed by atoms with Gasteiger partial charge < -0.3 is 51.2 Å². The summed E-state index contributed by atoms with van der Waals surface area (Å²) in [6.45, 7) is 8.64. The number of aliphatic hydroxyl groups is 4. The van der Waals surface area contributed by atoms with E-state index in [1.165, 1.54) is 14.3 Å². The summed E-state index contributed by atoms with van der Waals surface area (Å²) in [5.74, 6) is -2.34. The Labute approximate surface area is 319 Å². The molecule has 55 heavy (non-hydrogen) atoms. The SMILES string of the molecule is CCNC(=O)CCCCCNC(=O)CN(CC(=O)NCc1cn([C@H]2O[C@@H](C)[C@@H](O)[C@@H](O)[C@@H]2C)nn1)CC(=O)NCc1cn([C@H]2O[C@@H](C)[C@@H](O)[C@@H](O)[C@@H]2C)nn1. The van der Waals surface area contributed by atoms with E-state index in [-0.39, 0.29) is 44.5 Å². The predicted octanol–water partition coefficient (Wildman–Crippen LogP) is -2.53. The summed E-state index contributed by atoms with van der Waals surface area (Å²) in [7, 11) is 0. The Morgan fingerprint density at radius 1 is 0.655 bits per heavy atom. The molecule has 2 saturated heterocycles. The molecule has 4 amide bonds. The number of unbranched alkanes of at least 4 members (excludes halogenated alkanes) is 2. The van der Waals surface area contributed by atoms with E-state index in [9.17, 15) is 39.6 Å². The average molecular weight is 780 g/mol. The second-order valence-corrected chi connectivity index (χ2v) is 14.3. The van der Waals surface area contributed by atoms with Crippen LogP contribution in [-0.4, -0.2) is 148 Å². The maximum atomic E-state index is 13.1. The van der Waals surface area contributed by atoms with Gasteiger partial charge in [0.2, 0.25) is 23.6 Å². The van der Waals surface area contributed by atoms with Gasteiger partial charge in [0.1, 0.15) is 23.6 Å². The van der Waals surface area contributed by atoms with Crippen molar-refractivity contribution in [2.75, 3.05) is 32.7 Å². The van der Waals surface area contributed by atoms with Crippen LogP contribution in [0.3, 0.4) is 0 Å². The van der Waals surface area contributed by atoms with Gasteiger partial charge >= 0.3 is 0 Å². The minimum Gasteiger partial charge on any atom is -0.390 e. The van der Waals surface area contributed by atoms with E-state index in [2.05, 4.69) is 41.9 Å². The van der Waals surface area contributed by atoms with Crippen LogP contribution < -0.4 is 21.3 Å². The van der Waals surface area contributed by atoms with E-state index in [1.807, 2.05) is 6.92 Å². The third-order valence-electron chi connectivity index (χ3n) is 9.80. The van der Waals surface area contributed by atoms with E-state index in [0.29, 0.717) is 43.7 Å². The summed E-state index contributed by atoms with van der Waals surface area (Å²) in [6.07, 6.45) is -1.14. The lowest BCUT2D eigenvalue weighted by Gasteiger charge is -2.40. The highest BCUT2D eigenvalue weighted by molar-refractivity contribution is 5.84. The molecule has 8 N–H and O–H groups in total. The smallest absolute Gasteiger partial charge is 0.234 e. The van der Waals surface area contributed by atoms with E-state index in [0.717, 1.165) is 6.42 Å². The first kappa shape index (κ1) is 43.6. The lowest BCUT2D eigenvalue weighted by molar-refractivity contribution is -0.217. The average Bonchev–Trinajstić information content (AvgIpc) is 3.83. The molecule has 0 radical (unpaired) electrons. The Balaban J connectivity index is 1.30. The molecule has 2 fully saturated rings. The van der Waals surface area contributed by atoms with Gasteiger partial charge in [-0.05, 0) is 33.6 Å². The van der Waals surface area contributed by atoms with Crippen molar-refractivity contribution in [3.05, 3.63) is 23.8 Å². The topological polar surface area (TPSA) is 280 Å². The summed E-state index contributed by atoms with van der Waals surface area (Å²) in [6, 6.07) is 0. The molecule has 0 bridgehead atoms. The first-order valence-corrected chi connectivity index (χ1v) is 18.8. The number of hydrogen-bond donors (Lipinski definition) is 8. The largest absolute Gasteiger partial charge is 0.390 e. The molecule has 21 heteroatoms. The molecule has 2 aromatic rings. The van der Waals surface area contributed by atoms with Crippen molar-refractivity contribution >= 4 is 23.6 Å². The second kappa shape index (κ2) is 20.7. The predicted molar refractivity (Wildman–Crippen MR) is 192 cm³/mol. The molecule has 0 aromatic carbocycles. The van der Waals surface area contributed by atoms with Gasteiger partial charge in [0.25, 0.3) is 0 Å². The number of nitrogens with zero attached hydrogens (tertiary/aromatic N) is 7. The van der Waals surface area contributed by atoms with Gasteiger partial charge in [-0.1, -0.05) is 30.7 Å². The zero-order valence-corrected chi connectivity index (χ0v) is 32.1. The van der Waals surface area contributed by atoms with Crippen LogP contribution in [0.15, 0.2) is 12.4 Å². The Kier molecular flexibility index (Phi) is 16.4. The number of nitrogens with one attached hydrogen (secondary N) is 4. The number of hydrogen-bond acceptors (Lipinski definition) is 15. The molecule has 0 saturated carbocycles. The van der Waals surface area contributed by atoms with Crippen LogP contribution in [0.1, 0.15) is 84.1 Å². The molecule has 0 unspecified atom stereocenters. The summed E-state index contributed by atoms with van der Waals surface area (Å²) < 4.78 is 14.5. The maximum absolute atomic E-state index is 13.1. The van der Waals surface area contributed by atoms with Crippen LogP contribution >= 0.6 is 0 Å². The van der Waals surface area contributed by atoms with E-state index >= 15 is 0 Å². The minimum absolute atomic E-state index is 0.0148. The monoisotopic (exact) mass is 779 g/mol. The molecule has 2 aliphatic heterocycles. The summed E-state index contributed by atoms with van der Waals surface area (Å²) in [5, 5.41) is 68.3. The van der Waals surface area contributed by atoms with Crippen molar-refractivity contribution in [1.82, 2.24) is 56.2 Å². The van der Waals surface area contributed by atoms with Crippen molar-refractivity contribution in [1.29, 1.82) is 0 Å². The molecule has 0 spiro atoms. The van der Waals surface area contributed by atoms with Gasteiger partial charge in [-0.2, -0.15) is 0 Å². The maximum Gasteiger partial charge on any atom is 0.234 e. The van der Waals surface area contributed by atoms with E-state index in [4.69, 9.17) is 9.47 Å². The molecular weight excluding hydrogens is 722 g/mol. The summed E-state index contributed by atoms with van der Waals surface area (Å²) in [4.78, 5) is 52.1. The fraction of sp³-hybridized carbons (Fsp3) is 0.765. The Bertz CT molecular complexity index is 1470. The summed E-state index contributed by atoms with van der Waals surface area (Å²) in [5.41, 5.74) is 0.792. The Morgan fingerprint density at radius 3 is 1.56 bits per heavy atom. The van der Waals surface area contributed by atoms with Gasteiger partial charge in [-0.3, -0.25) is 24.1 Å². The standard InChI is InChI=1S/C34H57N11O10/c1-6-35-25(46)10-8-7-9-11-36-26(47)16-43(17-27(48)37-12-23-14-44(41-39-23)33-19(2)29(50)31(52)21(4)54-33)18-28(49)38-13-24-15-45(42-40-24)34-20(3)30(51)32(53)22(5)55-34/h14-15,19-22,29-34,50-53H,6-13,16-18H2,1-5H3,(H,35,46)(H,36,47)(H,37,48)(H,38,49)/t19-,20-,21-,22-,29-,30-,31+,32+,33-,34-/m0/s1. The number of aromatic nitrogens is 6. The van der Waals surface area contributed by atoms with Crippen LogP contribution in [0.5, 0.6) is 0 Å². The van der Waals surface area contributed by atoms with Gasteiger partial charge in [0, 0.05) is 31.3 Å². The quantitative estimate of drug-likeness (QED) is 0.0683. The van der Waals surface area contributed by atoms with E-state index in [1.54, 1.807) is 40.1 Å². The van der Waals surface area contributed by atoms with Crippen LogP contribution in [0.25, 0.3) is 0 Å². The Hall–Kier alpha value is -4.12. The van der Waals surface area contributed by atoms with Gasteiger partial charge in [-0.25, -0.2) is 9.36 Å². The molecule has 4 heterocycles. The highest BCUT2D eigenvalue weighted by Crippen LogP contribution is 2.33. The molecule has 10 atom stereocenters. The number of aliphatic hydroxyl groups excluding tert-OH is 4. The van der Waals surface area contributed by atoms with Crippen LogP contribution in [0.4, 0.5) is 0 Å². The first-order valence-electron chi connectivity index (χ1n) is 18.8. The van der Waals surface area contributed by atoms with Crippen LogP contribution in [0, 0.1) is 11.8 Å². The molecule has 2 aliphatic rings. The zero-order valence-electron chi connectivity index (χ0n) is 32.1. The fourth-order valence-corrected chi connectivity index (χ4v) is 6.43. The lowest BCUT2D eigenvalue weighted by atomic mass is 9.92.